The maximum atomic E-state index is 10.8. The zero-order valence-corrected chi connectivity index (χ0v) is 7.72. The second-order valence-corrected chi connectivity index (χ2v) is 3.22. The van der Waals surface area contributed by atoms with Gasteiger partial charge in [-0.05, 0) is 27.4 Å². The number of hydrogen-bond acceptors (Lipinski definition) is 2. The summed E-state index contributed by atoms with van der Waals surface area (Å²) in [6.07, 6.45) is 1.58. The summed E-state index contributed by atoms with van der Waals surface area (Å²) in [7, 11) is 3.59. The molecule has 0 radical (unpaired) electrons. The monoisotopic (exact) mass is 159 g/mol. The van der Waals surface area contributed by atoms with E-state index in [4.69, 9.17) is 5.11 Å². The highest BCUT2D eigenvalue weighted by molar-refractivity contribution is 5.78. The Hall–Kier alpha value is -0.570. The highest BCUT2D eigenvalue weighted by Gasteiger charge is 2.34. The normalized spacial score (nSPS) is 16.5. The smallest absolute Gasteiger partial charge is 0.323 e. The molecule has 0 aromatic heterocycles. The van der Waals surface area contributed by atoms with Crippen molar-refractivity contribution < 1.29 is 9.90 Å². The topological polar surface area (TPSA) is 40.5 Å². The van der Waals surface area contributed by atoms with E-state index >= 15 is 0 Å². The molecular formula is C8H17NO2. The van der Waals surface area contributed by atoms with Crippen molar-refractivity contribution >= 4 is 5.97 Å². The summed E-state index contributed by atoms with van der Waals surface area (Å²) >= 11 is 0. The van der Waals surface area contributed by atoms with Crippen molar-refractivity contribution in [3.63, 3.8) is 0 Å². The lowest BCUT2D eigenvalue weighted by atomic mass is 9.95. The largest absolute Gasteiger partial charge is 0.480 e. The van der Waals surface area contributed by atoms with Crippen LogP contribution in [0.25, 0.3) is 0 Å². The van der Waals surface area contributed by atoms with Gasteiger partial charge in [0.25, 0.3) is 0 Å². The summed E-state index contributed by atoms with van der Waals surface area (Å²) < 4.78 is 0. The minimum Gasteiger partial charge on any atom is -0.480 e. The Balaban J connectivity index is 4.38. The van der Waals surface area contributed by atoms with E-state index in [9.17, 15) is 4.79 Å². The fourth-order valence-electron chi connectivity index (χ4n) is 1.01. The highest BCUT2D eigenvalue weighted by Crippen LogP contribution is 2.18. The van der Waals surface area contributed by atoms with Crippen molar-refractivity contribution in [2.24, 2.45) is 0 Å². The molecule has 0 heterocycles. The van der Waals surface area contributed by atoms with Crippen molar-refractivity contribution in [2.45, 2.75) is 32.2 Å². The van der Waals surface area contributed by atoms with Crippen molar-refractivity contribution in [1.82, 2.24) is 4.90 Å². The van der Waals surface area contributed by atoms with Gasteiger partial charge in [-0.25, -0.2) is 0 Å². The molecule has 0 amide bonds. The molecule has 0 aromatic rings. The number of rotatable bonds is 4. The molecule has 1 N–H and O–H groups in total. The highest BCUT2D eigenvalue weighted by atomic mass is 16.4. The third-order valence-corrected chi connectivity index (χ3v) is 2.18. The van der Waals surface area contributed by atoms with Crippen LogP contribution in [-0.4, -0.2) is 35.6 Å². The first-order chi connectivity index (χ1) is 4.95. The van der Waals surface area contributed by atoms with Crippen molar-refractivity contribution in [1.29, 1.82) is 0 Å². The number of likely N-dealkylation sites (N-methyl/N-ethyl adjacent to an activating group) is 1. The zero-order chi connectivity index (χ0) is 9.07. The Morgan fingerprint density at radius 3 is 2.09 bits per heavy atom. The van der Waals surface area contributed by atoms with E-state index in [2.05, 4.69) is 0 Å². The molecule has 3 nitrogen and oxygen atoms in total. The Morgan fingerprint density at radius 1 is 1.55 bits per heavy atom. The van der Waals surface area contributed by atoms with Crippen molar-refractivity contribution in [3.05, 3.63) is 0 Å². The fraction of sp³-hybridized carbons (Fsp3) is 0.875. The van der Waals surface area contributed by atoms with Gasteiger partial charge in [-0.2, -0.15) is 0 Å². The van der Waals surface area contributed by atoms with Crippen LogP contribution in [0.15, 0.2) is 0 Å². The Labute approximate surface area is 68.0 Å². The molecule has 0 spiro atoms. The molecule has 0 unspecified atom stereocenters. The molecule has 0 saturated carbocycles. The van der Waals surface area contributed by atoms with Gasteiger partial charge in [0.2, 0.25) is 0 Å². The first-order valence-electron chi connectivity index (χ1n) is 3.86. The molecule has 0 aliphatic carbocycles. The maximum Gasteiger partial charge on any atom is 0.323 e. The quantitative estimate of drug-likeness (QED) is 0.670. The molecule has 3 heteroatoms. The molecular weight excluding hydrogens is 142 g/mol. The second-order valence-electron chi connectivity index (χ2n) is 3.22. The maximum absolute atomic E-state index is 10.8. The average molecular weight is 159 g/mol. The number of carbonyl (C=O) groups is 1. The zero-order valence-electron chi connectivity index (χ0n) is 7.72. The van der Waals surface area contributed by atoms with Gasteiger partial charge >= 0.3 is 5.97 Å². The Kier molecular flexibility index (Phi) is 3.52. The van der Waals surface area contributed by atoms with Gasteiger partial charge < -0.3 is 5.11 Å². The molecule has 0 bridgehead atoms. The number of aliphatic carboxylic acids is 1. The third-order valence-electron chi connectivity index (χ3n) is 2.18. The van der Waals surface area contributed by atoms with Crippen molar-refractivity contribution in [3.8, 4) is 0 Å². The van der Waals surface area contributed by atoms with Crippen LogP contribution in [0.4, 0.5) is 0 Å². The van der Waals surface area contributed by atoms with Gasteiger partial charge in [-0.1, -0.05) is 13.3 Å². The van der Waals surface area contributed by atoms with Gasteiger partial charge in [0.05, 0.1) is 0 Å². The van der Waals surface area contributed by atoms with E-state index in [1.807, 2.05) is 6.92 Å². The van der Waals surface area contributed by atoms with E-state index in [1.54, 1.807) is 25.9 Å². The lowest BCUT2D eigenvalue weighted by Crippen LogP contribution is -2.48. The first-order valence-corrected chi connectivity index (χ1v) is 3.86. The Bertz CT molecular complexity index is 145. The summed E-state index contributed by atoms with van der Waals surface area (Å²) in [5, 5.41) is 8.89. The summed E-state index contributed by atoms with van der Waals surface area (Å²) in [6, 6.07) is 0. The number of hydrogen-bond donors (Lipinski definition) is 1. The average Bonchev–Trinajstić information content (AvgIpc) is 1.87. The Morgan fingerprint density at radius 2 is 2.00 bits per heavy atom. The third kappa shape index (κ3) is 2.19. The lowest BCUT2D eigenvalue weighted by molar-refractivity contribution is -0.149. The van der Waals surface area contributed by atoms with E-state index in [1.165, 1.54) is 0 Å². The first kappa shape index (κ1) is 10.4. The van der Waals surface area contributed by atoms with Gasteiger partial charge in [0, 0.05) is 0 Å². The van der Waals surface area contributed by atoms with Crippen molar-refractivity contribution in [2.75, 3.05) is 14.1 Å². The minimum atomic E-state index is -0.746. The van der Waals surface area contributed by atoms with Crippen LogP contribution in [0.2, 0.25) is 0 Å². The predicted octanol–water partition coefficient (Wildman–Crippen LogP) is 1.19. The van der Waals surface area contributed by atoms with Gasteiger partial charge in [-0.15, -0.1) is 0 Å². The van der Waals surface area contributed by atoms with Crippen LogP contribution >= 0.6 is 0 Å². The van der Waals surface area contributed by atoms with Crippen LogP contribution < -0.4 is 0 Å². The predicted molar refractivity (Wildman–Crippen MR) is 44.6 cm³/mol. The molecule has 1 atom stereocenters. The van der Waals surface area contributed by atoms with Gasteiger partial charge in [0.1, 0.15) is 5.54 Å². The molecule has 0 saturated heterocycles. The summed E-state index contributed by atoms with van der Waals surface area (Å²) in [4.78, 5) is 12.6. The molecule has 0 fully saturated rings. The molecule has 0 aromatic carbocycles. The number of carboxylic acid groups (broad SMARTS) is 1. The molecule has 66 valence electrons. The summed E-state index contributed by atoms with van der Waals surface area (Å²) in [5.41, 5.74) is -0.700. The SMILES string of the molecule is CCC[C@](C)(C(=O)O)N(C)C. The minimum absolute atomic E-state index is 0.690. The van der Waals surface area contributed by atoms with Gasteiger partial charge in [0.15, 0.2) is 0 Å². The van der Waals surface area contributed by atoms with Crippen LogP contribution in [0.3, 0.4) is 0 Å². The van der Waals surface area contributed by atoms with Crippen LogP contribution in [0.1, 0.15) is 26.7 Å². The van der Waals surface area contributed by atoms with Crippen LogP contribution in [-0.2, 0) is 4.79 Å². The van der Waals surface area contributed by atoms with Gasteiger partial charge in [-0.3, -0.25) is 9.69 Å². The molecule has 0 aliphatic rings. The number of nitrogens with zero attached hydrogens (tertiary/aromatic N) is 1. The number of carboxylic acids is 1. The van der Waals surface area contributed by atoms with E-state index in [0.717, 1.165) is 6.42 Å². The van der Waals surface area contributed by atoms with E-state index in [0.29, 0.717) is 6.42 Å². The summed E-state index contributed by atoms with van der Waals surface area (Å²) in [6.45, 7) is 3.74. The second kappa shape index (κ2) is 3.72. The van der Waals surface area contributed by atoms with E-state index < -0.39 is 11.5 Å². The van der Waals surface area contributed by atoms with E-state index in [-0.39, 0.29) is 0 Å². The summed E-state index contributed by atoms with van der Waals surface area (Å²) in [5.74, 6) is -0.746. The lowest BCUT2D eigenvalue weighted by Gasteiger charge is -2.31. The van der Waals surface area contributed by atoms with Crippen LogP contribution in [0, 0.1) is 0 Å². The standard InChI is InChI=1S/C8H17NO2/c1-5-6-8(2,7(10)11)9(3)4/h5-6H2,1-4H3,(H,10,11)/t8-/m1/s1. The van der Waals surface area contributed by atoms with Crippen LogP contribution in [0.5, 0.6) is 0 Å². The fourth-order valence-corrected chi connectivity index (χ4v) is 1.01. The molecule has 0 aliphatic heterocycles. The molecule has 0 rings (SSSR count). The molecule has 11 heavy (non-hydrogen) atoms.